The summed E-state index contributed by atoms with van der Waals surface area (Å²) in [7, 11) is 0. The van der Waals surface area contributed by atoms with E-state index >= 15 is 0 Å². The van der Waals surface area contributed by atoms with Gasteiger partial charge in [-0.15, -0.1) is 0 Å². The van der Waals surface area contributed by atoms with Crippen LogP contribution in [0.2, 0.25) is 5.02 Å². The molecule has 1 fully saturated rings. The van der Waals surface area contributed by atoms with Crippen LogP contribution in [-0.4, -0.2) is 67.8 Å². The van der Waals surface area contributed by atoms with Crippen LogP contribution < -0.4 is 4.74 Å². The van der Waals surface area contributed by atoms with Crippen molar-refractivity contribution in [3.63, 3.8) is 0 Å². The van der Waals surface area contributed by atoms with Crippen LogP contribution in [0, 0.1) is 0 Å². The zero-order valence-corrected chi connectivity index (χ0v) is 24.3. The third-order valence-electron chi connectivity index (χ3n) is 6.39. The number of benzene rings is 2. The number of carboxylic acid groups (broad SMARTS) is 2. The van der Waals surface area contributed by atoms with Crippen molar-refractivity contribution in [1.29, 1.82) is 0 Å². The van der Waals surface area contributed by atoms with E-state index < -0.39 is 18.1 Å². The first-order chi connectivity index (χ1) is 19.3. The standard InChI is InChI=1S/C26H30ClN3O3S.C2HF3O2/c1-4-19-17(12-14-30-13-6-9-22(30)26(31)32)7-5-8-20(19)24-28-25(34-29-24)18-10-11-23(21(27)15-18)33-16(2)3;3-2(4,5)1(6)7/h5,7-8,10-11,15-16,22H,4,6,9,12-14H2,1-3H3,(H,31,32);(H,6,7). The van der Waals surface area contributed by atoms with Crippen LogP contribution in [0.25, 0.3) is 22.0 Å². The first kappa shape index (κ1) is 32.3. The number of aromatic nitrogens is 2. The number of carbonyl (C=O) groups is 2. The fourth-order valence-electron chi connectivity index (χ4n) is 4.57. The molecule has 1 aliphatic heterocycles. The SMILES string of the molecule is CCc1c(CCN2CCCC2C(=O)O)cccc1-c1nsc(-c2ccc(OC(C)C)c(Cl)c2)n1.O=C(O)C(F)(F)F. The van der Waals surface area contributed by atoms with Crippen molar-refractivity contribution in [1.82, 2.24) is 14.3 Å². The predicted molar refractivity (Wildman–Crippen MR) is 151 cm³/mol. The second kappa shape index (κ2) is 14.1. The van der Waals surface area contributed by atoms with Gasteiger partial charge >= 0.3 is 18.1 Å². The van der Waals surface area contributed by atoms with Crippen molar-refractivity contribution in [2.75, 3.05) is 13.1 Å². The number of likely N-dealkylation sites (tertiary alicyclic amines) is 1. The second-order valence-electron chi connectivity index (χ2n) is 9.62. The molecule has 8 nitrogen and oxygen atoms in total. The predicted octanol–water partition coefficient (Wildman–Crippen LogP) is 6.60. The summed E-state index contributed by atoms with van der Waals surface area (Å²) in [5.74, 6) is -2.10. The number of ether oxygens (including phenoxy) is 1. The fourth-order valence-corrected chi connectivity index (χ4v) is 5.46. The molecule has 0 radical (unpaired) electrons. The third kappa shape index (κ3) is 8.64. The topological polar surface area (TPSA) is 113 Å². The Morgan fingerprint density at radius 3 is 2.51 bits per heavy atom. The van der Waals surface area contributed by atoms with Gasteiger partial charge in [-0.1, -0.05) is 36.7 Å². The normalized spacial score (nSPS) is 15.5. The van der Waals surface area contributed by atoms with Crippen molar-refractivity contribution in [2.45, 2.75) is 64.8 Å². The lowest BCUT2D eigenvalue weighted by atomic mass is 9.96. The molecule has 13 heteroatoms. The minimum absolute atomic E-state index is 0.0525. The maximum atomic E-state index is 11.5. The molecule has 2 N–H and O–H groups in total. The fraction of sp³-hybridized carbons (Fsp3) is 0.429. The summed E-state index contributed by atoms with van der Waals surface area (Å²) >= 11 is 7.78. The zero-order valence-electron chi connectivity index (χ0n) is 22.7. The molecular weight excluding hydrogens is 583 g/mol. The Balaban J connectivity index is 0.000000587. The van der Waals surface area contributed by atoms with Gasteiger partial charge in [-0.3, -0.25) is 9.69 Å². The van der Waals surface area contributed by atoms with E-state index in [2.05, 4.69) is 28.3 Å². The molecule has 222 valence electrons. The van der Waals surface area contributed by atoms with Gasteiger partial charge < -0.3 is 14.9 Å². The maximum absolute atomic E-state index is 11.5. The van der Waals surface area contributed by atoms with Crippen molar-refractivity contribution in [3.05, 3.63) is 52.5 Å². The number of carboxylic acids is 2. The summed E-state index contributed by atoms with van der Waals surface area (Å²) in [6, 6.07) is 11.6. The number of hydrogen-bond acceptors (Lipinski definition) is 7. The van der Waals surface area contributed by atoms with Gasteiger partial charge in [0.1, 0.15) is 16.8 Å². The quantitative estimate of drug-likeness (QED) is 0.278. The maximum Gasteiger partial charge on any atom is 0.490 e. The van der Waals surface area contributed by atoms with Gasteiger partial charge in [-0.05, 0) is 86.9 Å². The molecule has 0 bridgehead atoms. The highest BCUT2D eigenvalue weighted by Gasteiger charge is 2.38. The average Bonchev–Trinajstić information content (AvgIpc) is 3.58. The van der Waals surface area contributed by atoms with Crippen molar-refractivity contribution >= 4 is 35.1 Å². The van der Waals surface area contributed by atoms with E-state index in [1.807, 2.05) is 38.1 Å². The smallest absolute Gasteiger partial charge is 0.489 e. The largest absolute Gasteiger partial charge is 0.490 e. The number of hydrogen-bond donors (Lipinski definition) is 2. The summed E-state index contributed by atoms with van der Waals surface area (Å²) in [4.78, 5) is 27.3. The van der Waals surface area contributed by atoms with E-state index in [1.54, 1.807) is 0 Å². The van der Waals surface area contributed by atoms with Crippen molar-refractivity contribution in [3.8, 4) is 27.7 Å². The Morgan fingerprint density at radius 1 is 1.22 bits per heavy atom. The first-order valence-electron chi connectivity index (χ1n) is 13.0. The molecule has 0 aliphatic carbocycles. The summed E-state index contributed by atoms with van der Waals surface area (Å²) < 4.78 is 42.1. The van der Waals surface area contributed by atoms with Gasteiger partial charge in [0.25, 0.3) is 0 Å². The first-order valence-corrected chi connectivity index (χ1v) is 14.1. The lowest BCUT2D eigenvalue weighted by Crippen LogP contribution is -2.37. The Hall–Kier alpha value is -3.22. The van der Waals surface area contributed by atoms with E-state index in [-0.39, 0.29) is 12.1 Å². The van der Waals surface area contributed by atoms with Crippen LogP contribution in [0.3, 0.4) is 0 Å². The molecule has 0 spiro atoms. The van der Waals surface area contributed by atoms with Crippen LogP contribution in [0.5, 0.6) is 5.75 Å². The number of halogens is 4. The van der Waals surface area contributed by atoms with Crippen molar-refractivity contribution < 1.29 is 37.7 Å². The van der Waals surface area contributed by atoms with Crippen molar-refractivity contribution in [2.24, 2.45) is 0 Å². The molecule has 2 aromatic carbocycles. The second-order valence-corrected chi connectivity index (χ2v) is 10.8. The van der Waals surface area contributed by atoms with E-state index in [1.165, 1.54) is 22.7 Å². The highest BCUT2D eigenvalue weighted by atomic mass is 35.5. The Kier molecular flexibility index (Phi) is 11.1. The number of alkyl halides is 3. The molecular formula is C28H31ClF3N3O5S. The van der Waals surface area contributed by atoms with Gasteiger partial charge in [-0.25, -0.2) is 9.78 Å². The van der Waals surface area contributed by atoms with Gasteiger partial charge in [0.2, 0.25) is 0 Å². The minimum Gasteiger partial charge on any atom is -0.489 e. The molecule has 1 aromatic heterocycles. The molecule has 0 saturated carbocycles. The van der Waals surface area contributed by atoms with Gasteiger partial charge in [0.15, 0.2) is 5.82 Å². The van der Waals surface area contributed by atoms with Gasteiger partial charge in [0, 0.05) is 17.7 Å². The van der Waals surface area contributed by atoms with Gasteiger partial charge in [-0.2, -0.15) is 17.5 Å². The average molecular weight is 614 g/mol. The summed E-state index contributed by atoms with van der Waals surface area (Å²) in [6.07, 6.45) is -1.69. The molecule has 4 rings (SSSR count). The number of rotatable bonds is 9. The Bertz CT molecular complexity index is 1370. The lowest BCUT2D eigenvalue weighted by Gasteiger charge is -2.22. The summed E-state index contributed by atoms with van der Waals surface area (Å²) in [5.41, 5.74) is 4.39. The van der Waals surface area contributed by atoms with Crippen LogP contribution in [0.1, 0.15) is 44.7 Å². The van der Waals surface area contributed by atoms with E-state index in [4.69, 9.17) is 31.2 Å². The number of nitrogens with zero attached hydrogens (tertiary/aromatic N) is 3. The zero-order chi connectivity index (χ0) is 30.3. The molecule has 1 atom stereocenters. The third-order valence-corrected chi connectivity index (χ3v) is 7.45. The Morgan fingerprint density at radius 2 is 1.93 bits per heavy atom. The minimum atomic E-state index is -5.08. The molecule has 0 amide bonds. The van der Waals surface area contributed by atoms with E-state index in [0.717, 1.165) is 54.9 Å². The molecule has 1 aliphatic rings. The Labute approximate surface area is 244 Å². The molecule has 2 heterocycles. The van der Waals surface area contributed by atoms with E-state index in [0.29, 0.717) is 16.6 Å². The highest BCUT2D eigenvalue weighted by molar-refractivity contribution is 7.09. The number of aliphatic carboxylic acids is 2. The van der Waals surface area contributed by atoms with Gasteiger partial charge in [0.05, 0.1) is 11.1 Å². The summed E-state index contributed by atoms with van der Waals surface area (Å²) in [6.45, 7) is 7.66. The monoisotopic (exact) mass is 613 g/mol. The van der Waals surface area contributed by atoms with E-state index in [9.17, 15) is 23.1 Å². The molecule has 41 heavy (non-hydrogen) atoms. The van der Waals surface area contributed by atoms with Crippen LogP contribution in [-0.2, 0) is 22.4 Å². The lowest BCUT2D eigenvalue weighted by molar-refractivity contribution is -0.192. The molecule has 1 saturated heterocycles. The summed E-state index contributed by atoms with van der Waals surface area (Å²) in [5, 5.41) is 18.0. The highest BCUT2D eigenvalue weighted by Crippen LogP contribution is 2.34. The molecule has 3 aromatic rings. The van der Waals surface area contributed by atoms with Crippen LogP contribution in [0.4, 0.5) is 13.2 Å². The van der Waals surface area contributed by atoms with Crippen LogP contribution >= 0.6 is 23.1 Å². The van der Waals surface area contributed by atoms with Crippen LogP contribution in [0.15, 0.2) is 36.4 Å². The molecule has 1 unspecified atom stereocenters.